The Kier molecular flexibility index (Phi) is 5.90. The van der Waals surface area contributed by atoms with Crippen LogP contribution in [0.4, 0.5) is 4.39 Å². The Hall–Kier alpha value is -0.490. The van der Waals surface area contributed by atoms with Gasteiger partial charge in [0.1, 0.15) is 5.82 Å². The van der Waals surface area contributed by atoms with Crippen molar-refractivity contribution >= 4 is 15.9 Å². The fourth-order valence-corrected chi connectivity index (χ4v) is 1.72. The smallest absolute Gasteiger partial charge is 0.127 e. The van der Waals surface area contributed by atoms with E-state index in [1.807, 2.05) is 0 Å². The summed E-state index contributed by atoms with van der Waals surface area (Å²) in [6, 6.07) is 4.59. The van der Waals surface area contributed by atoms with Gasteiger partial charge in [-0.2, -0.15) is 0 Å². The maximum absolute atomic E-state index is 13.4. The van der Waals surface area contributed by atoms with E-state index in [2.05, 4.69) is 21.2 Å². The highest BCUT2D eigenvalue weighted by Gasteiger charge is 2.08. The summed E-state index contributed by atoms with van der Waals surface area (Å²) < 4.78 is 19.1. The number of nitrogens with one attached hydrogen (secondary N) is 1. The SMILES string of the molecule is COCC(CO)NCc1cc(Br)ccc1F. The number of hydrogen-bond acceptors (Lipinski definition) is 3. The van der Waals surface area contributed by atoms with Crippen molar-refractivity contribution in [3.05, 3.63) is 34.1 Å². The van der Waals surface area contributed by atoms with Gasteiger partial charge in [-0.05, 0) is 18.2 Å². The minimum atomic E-state index is -0.259. The van der Waals surface area contributed by atoms with E-state index in [9.17, 15) is 4.39 Å². The van der Waals surface area contributed by atoms with Crippen molar-refractivity contribution in [2.45, 2.75) is 12.6 Å². The van der Waals surface area contributed by atoms with Crippen LogP contribution in [0.3, 0.4) is 0 Å². The van der Waals surface area contributed by atoms with Gasteiger partial charge in [0.05, 0.1) is 19.3 Å². The molecule has 0 saturated carbocycles. The summed E-state index contributed by atoms with van der Waals surface area (Å²) in [7, 11) is 1.56. The van der Waals surface area contributed by atoms with Crippen molar-refractivity contribution in [1.29, 1.82) is 0 Å². The first-order chi connectivity index (χ1) is 7.67. The van der Waals surface area contributed by atoms with E-state index in [0.29, 0.717) is 18.7 Å². The summed E-state index contributed by atoms with van der Waals surface area (Å²) in [4.78, 5) is 0. The lowest BCUT2D eigenvalue weighted by atomic mass is 10.2. The minimum absolute atomic E-state index is 0.0382. The summed E-state index contributed by atoms with van der Waals surface area (Å²) in [5.41, 5.74) is 0.559. The summed E-state index contributed by atoms with van der Waals surface area (Å²) in [5, 5.41) is 12.0. The molecule has 0 aliphatic heterocycles. The average Bonchev–Trinajstić information content (AvgIpc) is 2.28. The van der Waals surface area contributed by atoms with E-state index in [1.54, 1.807) is 19.2 Å². The van der Waals surface area contributed by atoms with Crippen molar-refractivity contribution < 1.29 is 14.2 Å². The number of aliphatic hydroxyl groups excluding tert-OH is 1. The van der Waals surface area contributed by atoms with Crippen LogP contribution in [0, 0.1) is 5.82 Å². The van der Waals surface area contributed by atoms with E-state index >= 15 is 0 Å². The summed E-state index contributed by atoms with van der Waals surface area (Å²) >= 11 is 3.28. The Balaban J connectivity index is 2.55. The van der Waals surface area contributed by atoms with Crippen LogP contribution < -0.4 is 5.32 Å². The Bertz CT molecular complexity index is 336. The molecule has 0 heterocycles. The van der Waals surface area contributed by atoms with Gasteiger partial charge in [0.2, 0.25) is 0 Å². The number of rotatable bonds is 6. The second kappa shape index (κ2) is 6.96. The number of hydrogen-bond donors (Lipinski definition) is 2. The molecule has 1 atom stereocenters. The van der Waals surface area contributed by atoms with Crippen LogP contribution in [0.15, 0.2) is 22.7 Å². The second-order valence-corrected chi connectivity index (χ2v) is 4.37. The van der Waals surface area contributed by atoms with Gasteiger partial charge in [0.15, 0.2) is 0 Å². The van der Waals surface area contributed by atoms with Gasteiger partial charge >= 0.3 is 0 Å². The fourth-order valence-electron chi connectivity index (χ4n) is 1.31. The molecular formula is C11H15BrFNO2. The van der Waals surface area contributed by atoms with Crippen LogP contribution in [-0.2, 0) is 11.3 Å². The van der Waals surface area contributed by atoms with Crippen LogP contribution in [0.1, 0.15) is 5.56 Å². The predicted octanol–water partition coefficient (Wildman–Crippen LogP) is 1.69. The van der Waals surface area contributed by atoms with Gasteiger partial charge in [0.25, 0.3) is 0 Å². The summed E-state index contributed by atoms with van der Waals surface area (Å²) in [5.74, 6) is -0.259. The molecule has 90 valence electrons. The highest BCUT2D eigenvalue weighted by Crippen LogP contribution is 2.15. The second-order valence-electron chi connectivity index (χ2n) is 3.45. The van der Waals surface area contributed by atoms with Crippen LogP contribution in [0.5, 0.6) is 0 Å². The molecule has 1 unspecified atom stereocenters. The van der Waals surface area contributed by atoms with Gasteiger partial charge < -0.3 is 15.2 Å². The topological polar surface area (TPSA) is 41.5 Å². The predicted molar refractivity (Wildman–Crippen MR) is 63.7 cm³/mol. The quantitative estimate of drug-likeness (QED) is 0.838. The average molecular weight is 292 g/mol. The molecule has 0 saturated heterocycles. The third kappa shape index (κ3) is 4.17. The van der Waals surface area contributed by atoms with Crippen LogP contribution in [0.2, 0.25) is 0 Å². The number of halogens is 2. The fraction of sp³-hybridized carbons (Fsp3) is 0.455. The van der Waals surface area contributed by atoms with Gasteiger partial charge in [0, 0.05) is 23.7 Å². The zero-order valence-corrected chi connectivity index (χ0v) is 10.6. The van der Waals surface area contributed by atoms with E-state index in [4.69, 9.17) is 9.84 Å². The first-order valence-corrected chi connectivity index (χ1v) is 5.73. The molecule has 1 aromatic carbocycles. The monoisotopic (exact) mass is 291 g/mol. The van der Waals surface area contributed by atoms with Crippen LogP contribution in [-0.4, -0.2) is 31.5 Å². The first kappa shape index (κ1) is 13.6. The van der Waals surface area contributed by atoms with Crippen molar-refractivity contribution in [2.24, 2.45) is 0 Å². The Morgan fingerprint density at radius 2 is 2.31 bits per heavy atom. The maximum atomic E-state index is 13.4. The lowest BCUT2D eigenvalue weighted by molar-refractivity contribution is 0.128. The molecule has 2 N–H and O–H groups in total. The molecule has 0 aromatic heterocycles. The molecule has 0 fully saturated rings. The van der Waals surface area contributed by atoms with Crippen molar-refractivity contribution in [2.75, 3.05) is 20.3 Å². The molecule has 0 bridgehead atoms. The molecule has 0 aliphatic carbocycles. The largest absolute Gasteiger partial charge is 0.395 e. The molecular weight excluding hydrogens is 277 g/mol. The molecule has 3 nitrogen and oxygen atoms in total. The van der Waals surface area contributed by atoms with Gasteiger partial charge in [-0.25, -0.2) is 4.39 Å². The third-order valence-corrected chi connectivity index (χ3v) is 2.67. The van der Waals surface area contributed by atoms with E-state index in [0.717, 1.165) is 4.47 Å². The Morgan fingerprint density at radius 1 is 1.56 bits per heavy atom. The maximum Gasteiger partial charge on any atom is 0.127 e. The number of ether oxygens (including phenoxy) is 1. The standard InChI is InChI=1S/C11H15BrFNO2/c1-16-7-10(6-15)14-5-8-4-9(12)2-3-11(8)13/h2-4,10,14-15H,5-7H2,1H3. The molecule has 0 spiro atoms. The third-order valence-electron chi connectivity index (χ3n) is 2.18. The molecule has 0 aliphatic rings. The van der Waals surface area contributed by atoms with Gasteiger partial charge in [-0.15, -0.1) is 0 Å². The van der Waals surface area contributed by atoms with E-state index < -0.39 is 0 Å². The zero-order chi connectivity index (χ0) is 12.0. The number of benzene rings is 1. The van der Waals surface area contributed by atoms with Crippen molar-refractivity contribution in [1.82, 2.24) is 5.32 Å². The van der Waals surface area contributed by atoms with Gasteiger partial charge in [-0.1, -0.05) is 15.9 Å². The molecule has 0 radical (unpaired) electrons. The normalized spacial score (nSPS) is 12.8. The lowest BCUT2D eigenvalue weighted by Crippen LogP contribution is -2.36. The summed E-state index contributed by atoms with van der Waals surface area (Å²) in [6.45, 7) is 0.718. The van der Waals surface area contributed by atoms with E-state index in [-0.39, 0.29) is 18.5 Å². The zero-order valence-electron chi connectivity index (χ0n) is 9.04. The van der Waals surface area contributed by atoms with E-state index in [1.165, 1.54) is 6.07 Å². The van der Waals surface area contributed by atoms with Crippen molar-refractivity contribution in [3.63, 3.8) is 0 Å². The van der Waals surface area contributed by atoms with Crippen LogP contribution >= 0.6 is 15.9 Å². The van der Waals surface area contributed by atoms with Gasteiger partial charge in [-0.3, -0.25) is 0 Å². The number of aliphatic hydroxyl groups is 1. The first-order valence-electron chi connectivity index (χ1n) is 4.94. The molecule has 5 heteroatoms. The summed E-state index contributed by atoms with van der Waals surface area (Å²) in [6.07, 6.45) is 0. The molecule has 1 rings (SSSR count). The van der Waals surface area contributed by atoms with Crippen LogP contribution in [0.25, 0.3) is 0 Å². The highest BCUT2D eigenvalue weighted by atomic mass is 79.9. The molecule has 0 amide bonds. The minimum Gasteiger partial charge on any atom is -0.395 e. The number of methoxy groups -OCH3 is 1. The molecule has 1 aromatic rings. The molecule has 16 heavy (non-hydrogen) atoms. The Labute approximate surface area is 103 Å². The van der Waals surface area contributed by atoms with Crippen molar-refractivity contribution in [3.8, 4) is 0 Å². The highest BCUT2D eigenvalue weighted by molar-refractivity contribution is 9.10. The Morgan fingerprint density at radius 3 is 2.94 bits per heavy atom. The lowest BCUT2D eigenvalue weighted by Gasteiger charge is -2.15.